The summed E-state index contributed by atoms with van der Waals surface area (Å²) in [6.45, 7) is 25.2. The van der Waals surface area contributed by atoms with E-state index < -0.39 is 13.1 Å². The Morgan fingerprint density at radius 1 is 0.625 bits per heavy atom. The Morgan fingerprint density at radius 2 is 0.969 bits per heavy atom. The molecule has 0 aromatic heterocycles. The molecule has 0 N–H and O–H groups in total. The molecular formula is C30H56AlLi. The third-order valence-corrected chi connectivity index (χ3v) is 13.9. The summed E-state index contributed by atoms with van der Waals surface area (Å²) in [5.41, 5.74) is 4.06. The number of unbranched alkanes of at least 4 members (excludes halogenated alkanes) is 5. The van der Waals surface area contributed by atoms with Crippen LogP contribution in [0, 0.1) is 5.92 Å². The van der Waals surface area contributed by atoms with E-state index in [1.807, 2.05) is 0 Å². The van der Waals surface area contributed by atoms with E-state index in [2.05, 4.69) is 60.1 Å². The molecule has 2 heteroatoms. The van der Waals surface area contributed by atoms with E-state index in [-0.39, 0.29) is 18.9 Å². The molecule has 0 bridgehead atoms. The van der Waals surface area contributed by atoms with Gasteiger partial charge in [-0.1, -0.05) is 81.1 Å². The van der Waals surface area contributed by atoms with E-state index in [9.17, 15) is 0 Å². The maximum absolute atomic E-state index is 4.13. The van der Waals surface area contributed by atoms with Crippen LogP contribution in [0.2, 0.25) is 21.1 Å². The summed E-state index contributed by atoms with van der Waals surface area (Å²) in [5.74, 6) is 0.674. The third-order valence-electron chi connectivity index (χ3n) is 7.39. The van der Waals surface area contributed by atoms with Crippen molar-refractivity contribution in [3.8, 4) is 0 Å². The number of hydrogen-bond acceptors (Lipinski definition) is 0. The molecule has 0 amide bonds. The Bertz CT molecular complexity index is 497. The summed E-state index contributed by atoms with van der Waals surface area (Å²) in [6, 6.07) is 0. The summed E-state index contributed by atoms with van der Waals surface area (Å²) in [6.07, 6.45) is 19.7. The zero-order chi connectivity index (χ0) is 23.5. The van der Waals surface area contributed by atoms with E-state index in [4.69, 9.17) is 0 Å². The number of rotatable bonds is 22. The van der Waals surface area contributed by atoms with Crippen molar-refractivity contribution >= 4 is 13.1 Å². The van der Waals surface area contributed by atoms with Crippen molar-refractivity contribution in [3.63, 3.8) is 0 Å². The second-order valence-electron chi connectivity index (χ2n) is 11.2. The van der Waals surface area contributed by atoms with Gasteiger partial charge in [0, 0.05) is 0 Å². The van der Waals surface area contributed by atoms with Crippen LogP contribution in [-0.4, -0.2) is 13.1 Å². The van der Waals surface area contributed by atoms with Crippen LogP contribution >= 0.6 is 0 Å². The maximum atomic E-state index is 4.13. The third kappa shape index (κ3) is 20.7. The van der Waals surface area contributed by atoms with Crippen LogP contribution in [-0.2, 0) is 0 Å². The van der Waals surface area contributed by atoms with Gasteiger partial charge in [0.15, 0.2) is 0 Å². The molecule has 0 aliphatic rings. The Labute approximate surface area is 218 Å². The SMILES string of the molecule is C=CC(C)CCC[CH2][Al-]([CH2]CCCCC(=C)C)([CH2]CCCC(=C)C)[CH2]CCCC(=C)C.[Li+]. The summed E-state index contributed by atoms with van der Waals surface area (Å²) in [7, 11) is 0. The van der Waals surface area contributed by atoms with Crippen molar-refractivity contribution in [1.29, 1.82) is 0 Å². The molecule has 0 spiro atoms. The van der Waals surface area contributed by atoms with Gasteiger partial charge in [-0.05, 0) is 58.8 Å². The molecule has 0 radical (unpaired) electrons. The normalized spacial score (nSPS) is 12.1. The van der Waals surface area contributed by atoms with Crippen molar-refractivity contribution in [1.82, 2.24) is 0 Å². The van der Waals surface area contributed by atoms with Crippen LogP contribution in [0.4, 0.5) is 0 Å². The largest absolute Gasteiger partial charge is 1.00 e. The van der Waals surface area contributed by atoms with Gasteiger partial charge in [0.25, 0.3) is 0 Å². The summed E-state index contributed by atoms with van der Waals surface area (Å²) < 4.78 is 0. The van der Waals surface area contributed by atoms with Crippen LogP contribution in [0.5, 0.6) is 0 Å². The molecule has 0 aromatic carbocycles. The fraction of sp³-hybridized carbons (Fsp3) is 0.733. The first kappa shape index (κ1) is 34.3. The molecule has 0 rings (SSSR count). The van der Waals surface area contributed by atoms with E-state index in [1.54, 1.807) is 21.1 Å². The van der Waals surface area contributed by atoms with Crippen LogP contribution < -0.4 is 18.9 Å². The summed E-state index contributed by atoms with van der Waals surface area (Å²) in [5, 5.41) is 6.31. The van der Waals surface area contributed by atoms with Crippen molar-refractivity contribution in [2.24, 2.45) is 5.92 Å². The van der Waals surface area contributed by atoms with Gasteiger partial charge in [-0.25, -0.2) is 0 Å². The molecule has 0 aromatic rings. The zero-order valence-corrected chi connectivity index (χ0v) is 24.2. The molecule has 0 aliphatic heterocycles. The minimum Gasteiger partial charge on any atom is -0.191 e. The smallest absolute Gasteiger partial charge is 0.191 e. The fourth-order valence-corrected chi connectivity index (χ4v) is 11.6. The van der Waals surface area contributed by atoms with E-state index in [1.165, 1.54) is 100 Å². The standard InChI is InChI=1S/2C8H15.2C7H13.Al.Li/c1-4-5-6-7-8(2)3;1-4-6-7-8(3)5-2;2*1-4-5-6-7(2)3;;/h1-2,4-7H2,3H3;5,8H,1-2,4,6-7H2,3H3;2*1-2,4-6H2,3H3;;/q;;;;-1;+1. The molecule has 180 valence electrons. The van der Waals surface area contributed by atoms with E-state index in [0.717, 1.165) is 0 Å². The molecule has 0 aliphatic carbocycles. The first-order chi connectivity index (χ1) is 14.7. The second-order valence-corrected chi connectivity index (χ2v) is 17.0. The first-order valence-electron chi connectivity index (χ1n) is 13.5. The topological polar surface area (TPSA) is 0 Å². The zero-order valence-electron chi connectivity index (χ0n) is 23.1. The fourth-order valence-electron chi connectivity index (χ4n) is 5.22. The molecule has 32 heavy (non-hydrogen) atoms. The molecule has 0 heterocycles. The van der Waals surface area contributed by atoms with Gasteiger partial charge in [0.1, 0.15) is 13.1 Å². The quantitative estimate of drug-likeness (QED) is 0.0889. The van der Waals surface area contributed by atoms with Crippen molar-refractivity contribution in [2.45, 2.75) is 132 Å². The van der Waals surface area contributed by atoms with Crippen molar-refractivity contribution in [3.05, 3.63) is 49.1 Å². The average molecular weight is 451 g/mol. The Balaban J connectivity index is 0. The van der Waals surface area contributed by atoms with Gasteiger partial charge in [-0.3, -0.25) is 0 Å². The predicted molar refractivity (Wildman–Crippen MR) is 149 cm³/mol. The van der Waals surface area contributed by atoms with Crippen LogP contribution in [0.15, 0.2) is 49.1 Å². The molecule has 0 saturated heterocycles. The first-order valence-corrected chi connectivity index (χ1v) is 16.7. The number of hydrogen-bond donors (Lipinski definition) is 0. The number of allylic oxidation sites excluding steroid dienone is 4. The average Bonchev–Trinajstić information content (AvgIpc) is 2.70. The summed E-state index contributed by atoms with van der Waals surface area (Å²) >= 11 is -1.56. The van der Waals surface area contributed by atoms with Gasteiger partial charge < -0.3 is 0 Å². The minimum absolute atomic E-state index is 0. The van der Waals surface area contributed by atoms with E-state index >= 15 is 0 Å². The predicted octanol–water partition coefficient (Wildman–Crippen LogP) is 8.06. The van der Waals surface area contributed by atoms with Gasteiger partial charge >= 0.3 is 18.9 Å². The van der Waals surface area contributed by atoms with Gasteiger partial charge in [-0.15, -0.1) is 26.3 Å². The second kappa shape index (κ2) is 21.6. The molecule has 0 fully saturated rings. The van der Waals surface area contributed by atoms with Crippen molar-refractivity contribution < 1.29 is 18.9 Å². The Hall–Kier alpha value is 0.0899. The monoisotopic (exact) mass is 450 g/mol. The molecule has 1 unspecified atom stereocenters. The Kier molecular flexibility index (Phi) is 23.1. The van der Waals surface area contributed by atoms with Crippen molar-refractivity contribution in [2.75, 3.05) is 0 Å². The van der Waals surface area contributed by atoms with E-state index in [0.29, 0.717) is 5.92 Å². The Morgan fingerprint density at radius 3 is 1.34 bits per heavy atom. The van der Waals surface area contributed by atoms with Crippen LogP contribution in [0.1, 0.15) is 111 Å². The summed E-state index contributed by atoms with van der Waals surface area (Å²) in [4.78, 5) is 0. The van der Waals surface area contributed by atoms with Crippen LogP contribution in [0.3, 0.4) is 0 Å². The molecule has 0 nitrogen and oxygen atoms in total. The van der Waals surface area contributed by atoms with Crippen LogP contribution in [0.25, 0.3) is 0 Å². The maximum Gasteiger partial charge on any atom is 1.00 e. The van der Waals surface area contributed by atoms with Gasteiger partial charge in [0.2, 0.25) is 0 Å². The minimum atomic E-state index is -1.56. The van der Waals surface area contributed by atoms with Gasteiger partial charge in [-0.2, -0.15) is 21.1 Å². The molecule has 0 saturated carbocycles. The molecular weight excluding hydrogens is 394 g/mol. The van der Waals surface area contributed by atoms with Gasteiger partial charge in [0.05, 0.1) is 0 Å². The molecule has 1 atom stereocenters.